The summed E-state index contributed by atoms with van der Waals surface area (Å²) in [7, 11) is 0. The molecule has 1 heterocycles. The maximum Gasteiger partial charge on any atom is 0.257 e. The van der Waals surface area contributed by atoms with Gasteiger partial charge in [0, 0.05) is 10.9 Å². The molecule has 6 nitrogen and oxygen atoms in total. The molecule has 0 aliphatic carbocycles. The van der Waals surface area contributed by atoms with Crippen LogP contribution in [0.25, 0.3) is 0 Å². The summed E-state index contributed by atoms with van der Waals surface area (Å²) < 4.78 is 19.3. The third-order valence-electron chi connectivity index (χ3n) is 2.17. The van der Waals surface area contributed by atoms with Gasteiger partial charge in [0.1, 0.15) is 5.75 Å². The van der Waals surface area contributed by atoms with Crippen LogP contribution in [0.2, 0.25) is 0 Å². The Bertz CT molecular complexity index is 609. The van der Waals surface area contributed by atoms with Crippen LogP contribution in [0.5, 0.6) is 5.75 Å². The summed E-state index contributed by atoms with van der Waals surface area (Å²) in [5, 5.41) is 13.7. The second-order valence-electron chi connectivity index (χ2n) is 3.61. The number of hydrogen-bond acceptors (Lipinski definition) is 5. The standard InChI is InChI=1S/C11H10N2O4S2/c14-9-3-1-7(2-4-9)10(15)13-11-12-8(5-18-11)6-19(16)17/h1-5,14H,6H2,(H,16,17)(H,12,13,15). The molecule has 2 aromatic rings. The Labute approximate surface area is 115 Å². The van der Waals surface area contributed by atoms with E-state index in [4.69, 9.17) is 9.66 Å². The predicted octanol–water partition coefficient (Wildman–Crippen LogP) is 1.82. The maximum absolute atomic E-state index is 11.8. The number of aromatic hydroxyl groups is 1. The Morgan fingerprint density at radius 1 is 1.37 bits per heavy atom. The number of rotatable bonds is 4. The number of phenols is 1. The van der Waals surface area contributed by atoms with Gasteiger partial charge in [-0.3, -0.25) is 10.1 Å². The number of aromatic nitrogens is 1. The summed E-state index contributed by atoms with van der Waals surface area (Å²) >= 11 is -0.771. The molecule has 1 amide bonds. The third kappa shape index (κ3) is 3.85. The first-order valence-electron chi connectivity index (χ1n) is 5.17. The third-order valence-corrected chi connectivity index (χ3v) is 3.52. The second kappa shape index (κ2) is 5.91. The van der Waals surface area contributed by atoms with E-state index < -0.39 is 11.1 Å². The Morgan fingerprint density at radius 2 is 2.05 bits per heavy atom. The van der Waals surface area contributed by atoms with Crippen molar-refractivity contribution in [2.45, 2.75) is 5.75 Å². The fraction of sp³-hybridized carbons (Fsp3) is 0.0909. The molecule has 0 radical (unpaired) electrons. The molecule has 0 aliphatic heterocycles. The molecule has 0 spiro atoms. The number of carbonyl (C=O) groups is 1. The minimum absolute atomic E-state index is 0.0639. The molecule has 2 rings (SSSR count). The largest absolute Gasteiger partial charge is 0.508 e. The monoisotopic (exact) mass is 298 g/mol. The Morgan fingerprint density at radius 3 is 2.68 bits per heavy atom. The molecule has 100 valence electrons. The van der Waals surface area contributed by atoms with Gasteiger partial charge >= 0.3 is 0 Å². The number of benzene rings is 1. The number of carbonyl (C=O) groups excluding carboxylic acids is 1. The zero-order chi connectivity index (χ0) is 13.8. The lowest BCUT2D eigenvalue weighted by atomic mass is 10.2. The topological polar surface area (TPSA) is 99.5 Å². The van der Waals surface area contributed by atoms with Crippen LogP contribution in [-0.4, -0.2) is 24.8 Å². The summed E-state index contributed by atoms with van der Waals surface area (Å²) in [6.45, 7) is 0. The molecule has 0 aliphatic rings. The van der Waals surface area contributed by atoms with E-state index in [1.807, 2.05) is 0 Å². The lowest BCUT2D eigenvalue weighted by Gasteiger charge is -2.01. The summed E-state index contributed by atoms with van der Waals surface area (Å²) in [4.78, 5) is 15.8. The molecule has 0 fully saturated rings. The van der Waals surface area contributed by atoms with Crippen molar-refractivity contribution in [1.82, 2.24) is 4.98 Å². The number of nitrogens with zero attached hydrogens (tertiary/aromatic N) is 1. The van der Waals surface area contributed by atoms with Crippen molar-refractivity contribution in [3.63, 3.8) is 0 Å². The van der Waals surface area contributed by atoms with Gasteiger partial charge in [-0.25, -0.2) is 9.19 Å². The molecule has 1 aromatic heterocycles. The van der Waals surface area contributed by atoms with Crippen molar-refractivity contribution in [1.29, 1.82) is 0 Å². The number of amides is 1. The van der Waals surface area contributed by atoms with Crippen molar-refractivity contribution in [2.75, 3.05) is 5.32 Å². The van der Waals surface area contributed by atoms with Crippen LogP contribution in [-0.2, 0) is 16.8 Å². The number of hydrogen-bond donors (Lipinski definition) is 3. The average molecular weight is 298 g/mol. The number of thiazole rings is 1. The highest BCUT2D eigenvalue weighted by atomic mass is 32.2. The first-order valence-corrected chi connectivity index (χ1v) is 7.32. The zero-order valence-corrected chi connectivity index (χ0v) is 11.2. The minimum Gasteiger partial charge on any atom is -0.508 e. The predicted molar refractivity (Wildman–Crippen MR) is 72.6 cm³/mol. The average Bonchev–Trinajstić information content (AvgIpc) is 2.76. The highest BCUT2D eigenvalue weighted by molar-refractivity contribution is 7.78. The van der Waals surface area contributed by atoms with Gasteiger partial charge in [-0.2, -0.15) is 0 Å². The first-order chi connectivity index (χ1) is 9.04. The van der Waals surface area contributed by atoms with E-state index in [9.17, 15) is 9.00 Å². The SMILES string of the molecule is O=C(Nc1nc(CS(=O)O)cs1)c1ccc(O)cc1. The van der Waals surface area contributed by atoms with Gasteiger partial charge in [-0.05, 0) is 24.3 Å². The van der Waals surface area contributed by atoms with Gasteiger partial charge in [-0.15, -0.1) is 11.3 Å². The van der Waals surface area contributed by atoms with Gasteiger partial charge in [0.15, 0.2) is 16.2 Å². The molecule has 3 N–H and O–H groups in total. The molecule has 0 saturated carbocycles. The Hall–Kier alpha value is -1.77. The Kier molecular flexibility index (Phi) is 4.25. The van der Waals surface area contributed by atoms with Gasteiger partial charge in [0.25, 0.3) is 5.91 Å². The minimum atomic E-state index is -1.95. The van der Waals surface area contributed by atoms with E-state index in [1.54, 1.807) is 5.38 Å². The molecular formula is C11H10N2O4S2. The molecule has 1 aromatic carbocycles. The van der Waals surface area contributed by atoms with Gasteiger partial charge < -0.3 is 9.66 Å². The Balaban J connectivity index is 2.04. The van der Waals surface area contributed by atoms with Crippen LogP contribution in [0.4, 0.5) is 5.13 Å². The van der Waals surface area contributed by atoms with Crippen molar-refractivity contribution in [3.8, 4) is 5.75 Å². The van der Waals surface area contributed by atoms with E-state index in [-0.39, 0.29) is 17.4 Å². The molecule has 1 atom stereocenters. The van der Waals surface area contributed by atoms with E-state index in [0.29, 0.717) is 16.4 Å². The second-order valence-corrected chi connectivity index (χ2v) is 5.40. The lowest BCUT2D eigenvalue weighted by molar-refractivity contribution is 0.102. The van der Waals surface area contributed by atoms with E-state index in [2.05, 4.69) is 10.3 Å². The highest BCUT2D eigenvalue weighted by Crippen LogP contribution is 2.18. The van der Waals surface area contributed by atoms with Gasteiger partial charge in [0.2, 0.25) is 0 Å². The fourth-order valence-electron chi connectivity index (χ4n) is 1.34. The van der Waals surface area contributed by atoms with Crippen molar-refractivity contribution in [2.24, 2.45) is 0 Å². The number of anilines is 1. The van der Waals surface area contributed by atoms with E-state index in [0.717, 1.165) is 0 Å². The van der Waals surface area contributed by atoms with Crippen LogP contribution in [0.3, 0.4) is 0 Å². The van der Waals surface area contributed by atoms with Crippen LogP contribution >= 0.6 is 11.3 Å². The van der Waals surface area contributed by atoms with Gasteiger partial charge in [-0.1, -0.05) is 0 Å². The van der Waals surface area contributed by atoms with Crippen molar-refractivity contribution in [3.05, 3.63) is 40.9 Å². The fourth-order valence-corrected chi connectivity index (χ4v) is 2.55. The van der Waals surface area contributed by atoms with Crippen LogP contribution < -0.4 is 5.32 Å². The summed E-state index contributed by atoms with van der Waals surface area (Å²) in [6, 6.07) is 5.80. The highest BCUT2D eigenvalue weighted by Gasteiger charge is 2.10. The van der Waals surface area contributed by atoms with E-state index in [1.165, 1.54) is 35.6 Å². The molecule has 0 saturated heterocycles. The number of phenolic OH excluding ortho intramolecular Hbond substituents is 1. The molecule has 1 unspecified atom stereocenters. The lowest BCUT2D eigenvalue weighted by Crippen LogP contribution is -2.11. The maximum atomic E-state index is 11.8. The summed E-state index contributed by atoms with van der Waals surface area (Å²) in [6.07, 6.45) is 0. The van der Waals surface area contributed by atoms with Crippen molar-refractivity contribution >= 4 is 33.5 Å². The van der Waals surface area contributed by atoms with Gasteiger partial charge in [0.05, 0.1) is 11.4 Å². The van der Waals surface area contributed by atoms with Crippen LogP contribution in [0.1, 0.15) is 16.1 Å². The molecule has 0 bridgehead atoms. The zero-order valence-electron chi connectivity index (χ0n) is 9.57. The number of nitrogens with one attached hydrogen (secondary N) is 1. The van der Waals surface area contributed by atoms with Crippen molar-refractivity contribution < 1.29 is 18.7 Å². The van der Waals surface area contributed by atoms with Crippen LogP contribution in [0, 0.1) is 0 Å². The first kappa shape index (κ1) is 13.7. The summed E-state index contributed by atoms with van der Waals surface area (Å²) in [5.74, 6) is -0.337. The summed E-state index contributed by atoms with van der Waals surface area (Å²) in [5.41, 5.74) is 0.840. The van der Waals surface area contributed by atoms with Crippen LogP contribution in [0.15, 0.2) is 29.6 Å². The molecule has 8 heteroatoms. The molecular weight excluding hydrogens is 288 g/mol. The quantitative estimate of drug-likeness (QED) is 0.748. The van der Waals surface area contributed by atoms with E-state index >= 15 is 0 Å². The normalized spacial score (nSPS) is 12.1. The smallest absolute Gasteiger partial charge is 0.257 e. The molecule has 19 heavy (non-hydrogen) atoms.